The molecule has 2 aromatic rings. The highest BCUT2D eigenvalue weighted by Crippen LogP contribution is 2.31. The number of hydrogen-bond acceptors (Lipinski definition) is 5. The van der Waals surface area contributed by atoms with Gasteiger partial charge in [-0.05, 0) is 24.4 Å². The van der Waals surface area contributed by atoms with Crippen molar-refractivity contribution in [1.82, 2.24) is 4.90 Å². The van der Waals surface area contributed by atoms with Crippen LogP contribution in [0.3, 0.4) is 0 Å². The highest BCUT2D eigenvalue weighted by Gasteiger charge is 2.41. The van der Waals surface area contributed by atoms with Gasteiger partial charge >= 0.3 is 5.63 Å². The van der Waals surface area contributed by atoms with Crippen LogP contribution in [0.15, 0.2) is 33.5 Å². The molecular weight excluding hydrogens is 310 g/mol. The summed E-state index contributed by atoms with van der Waals surface area (Å²) in [4.78, 5) is 26.5. The Labute approximate surface area is 139 Å². The van der Waals surface area contributed by atoms with Crippen molar-refractivity contribution in [2.75, 3.05) is 26.3 Å². The van der Waals surface area contributed by atoms with Crippen LogP contribution in [-0.4, -0.2) is 42.9 Å². The minimum Gasteiger partial charge on any atom is -0.417 e. The molecule has 2 aliphatic heterocycles. The molecule has 2 saturated heterocycles. The van der Waals surface area contributed by atoms with Crippen LogP contribution in [-0.2, 0) is 9.47 Å². The van der Waals surface area contributed by atoms with E-state index in [-0.39, 0.29) is 11.7 Å². The fraction of sp³-hybridized carbons (Fsp3) is 0.444. The molecule has 4 rings (SSSR count). The molecule has 126 valence electrons. The van der Waals surface area contributed by atoms with Crippen molar-refractivity contribution in [3.8, 4) is 0 Å². The van der Waals surface area contributed by atoms with Gasteiger partial charge in [0.2, 0.25) is 0 Å². The maximum atomic E-state index is 12.7. The van der Waals surface area contributed by atoms with E-state index in [9.17, 15) is 9.59 Å². The highest BCUT2D eigenvalue weighted by atomic mass is 16.7. The van der Waals surface area contributed by atoms with E-state index < -0.39 is 11.4 Å². The number of benzene rings is 1. The fourth-order valence-corrected chi connectivity index (χ4v) is 3.40. The Morgan fingerprint density at radius 3 is 2.54 bits per heavy atom. The maximum absolute atomic E-state index is 12.7. The van der Waals surface area contributed by atoms with Crippen LogP contribution < -0.4 is 5.63 Å². The SMILES string of the molecule is Cc1ccc2cc(C(=O)N3CCC4(CC3)OCCO4)oc(=O)c2c1. The number of ether oxygens (including phenoxy) is 2. The first-order valence-corrected chi connectivity index (χ1v) is 8.18. The Balaban J connectivity index is 1.57. The summed E-state index contributed by atoms with van der Waals surface area (Å²) in [6.07, 6.45) is 1.27. The van der Waals surface area contributed by atoms with Gasteiger partial charge in [0.1, 0.15) is 0 Å². The zero-order chi connectivity index (χ0) is 16.7. The van der Waals surface area contributed by atoms with E-state index in [2.05, 4.69) is 0 Å². The van der Waals surface area contributed by atoms with Crippen LogP contribution in [0.5, 0.6) is 0 Å². The van der Waals surface area contributed by atoms with Gasteiger partial charge in [0.15, 0.2) is 11.5 Å². The summed E-state index contributed by atoms with van der Waals surface area (Å²) in [6, 6.07) is 7.17. The Morgan fingerprint density at radius 1 is 1.12 bits per heavy atom. The molecule has 2 aliphatic rings. The average Bonchev–Trinajstić information content (AvgIpc) is 3.03. The van der Waals surface area contributed by atoms with E-state index in [4.69, 9.17) is 13.9 Å². The molecule has 24 heavy (non-hydrogen) atoms. The van der Waals surface area contributed by atoms with Gasteiger partial charge < -0.3 is 18.8 Å². The van der Waals surface area contributed by atoms with Crippen molar-refractivity contribution in [3.05, 3.63) is 46.0 Å². The smallest absolute Gasteiger partial charge is 0.344 e. The lowest BCUT2D eigenvalue weighted by atomic mass is 10.0. The lowest BCUT2D eigenvalue weighted by molar-refractivity contribution is -0.181. The molecule has 0 unspecified atom stereocenters. The molecule has 6 heteroatoms. The van der Waals surface area contributed by atoms with Crippen molar-refractivity contribution in [3.63, 3.8) is 0 Å². The number of aryl methyl sites for hydroxylation is 1. The third-order valence-electron chi connectivity index (χ3n) is 4.75. The second-order valence-corrected chi connectivity index (χ2v) is 6.39. The Bertz CT molecular complexity index is 840. The number of piperidine rings is 1. The number of carbonyl (C=O) groups excluding carboxylic acids is 1. The summed E-state index contributed by atoms with van der Waals surface area (Å²) in [5, 5.41) is 1.22. The molecule has 1 amide bonds. The number of carbonyl (C=O) groups is 1. The van der Waals surface area contributed by atoms with E-state index in [0.717, 1.165) is 10.9 Å². The van der Waals surface area contributed by atoms with Crippen LogP contribution in [0.25, 0.3) is 10.8 Å². The van der Waals surface area contributed by atoms with Crippen molar-refractivity contribution in [2.24, 2.45) is 0 Å². The number of likely N-dealkylation sites (tertiary alicyclic amines) is 1. The maximum Gasteiger partial charge on any atom is 0.344 e. The second kappa shape index (κ2) is 5.72. The molecule has 0 bridgehead atoms. The van der Waals surface area contributed by atoms with Gasteiger partial charge in [-0.25, -0.2) is 4.79 Å². The summed E-state index contributed by atoms with van der Waals surface area (Å²) in [7, 11) is 0. The van der Waals surface area contributed by atoms with Crippen LogP contribution in [0.2, 0.25) is 0 Å². The van der Waals surface area contributed by atoms with Gasteiger partial charge in [-0.15, -0.1) is 0 Å². The quantitative estimate of drug-likeness (QED) is 0.801. The molecule has 0 N–H and O–H groups in total. The summed E-state index contributed by atoms with van der Waals surface area (Å²) in [6.45, 7) is 4.16. The van der Waals surface area contributed by atoms with Gasteiger partial charge in [0, 0.05) is 25.9 Å². The topological polar surface area (TPSA) is 69.0 Å². The largest absolute Gasteiger partial charge is 0.417 e. The zero-order valence-corrected chi connectivity index (χ0v) is 13.5. The lowest BCUT2D eigenvalue weighted by Crippen LogP contribution is -2.47. The van der Waals surface area contributed by atoms with Gasteiger partial charge in [0.25, 0.3) is 5.91 Å². The molecule has 0 saturated carbocycles. The van der Waals surface area contributed by atoms with E-state index in [1.165, 1.54) is 0 Å². The molecule has 0 aliphatic carbocycles. The van der Waals surface area contributed by atoms with Crippen LogP contribution in [0.4, 0.5) is 0 Å². The molecule has 1 aromatic carbocycles. The number of amides is 1. The van der Waals surface area contributed by atoms with Gasteiger partial charge in [0.05, 0.1) is 18.6 Å². The van der Waals surface area contributed by atoms with Crippen molar-refractivity contribution in [1.29, 1.82) is 0 Å². The summed E-state index contributed by atoms with van der Waals surface area (Å²) < 4.78 is 16.6. The predicted molar refractivity (Wildman–Crippen MR) is 87.0 cm³/mol. The second-order valence-electron chi connectivity index (χ2n) is 6.39. The van der Waals surface area contributed by atoms with Crippen molar-refractivity contribution < 1.29 is 18.7 Å². The number of fused-ring (bicyclic) bond motifs is 1. The fourth-order valence-electron chi connectivity index (χ4n) is 3.40. The predicted octanol–water partition coefficient (Wildman–Crippen LogP) is 2.08. The standard InChI is InChI=1S/C18H19NO5/c1-12-2-3-13-11-15(24-17(21)14(13)10-12)16(20)19-6-4-18(5-7-19)22-8-9-23-18/h2-3,10-11H,4-9H2,1H3. The van der Waals surface area contributed by atoms with Crippen molar-refractivity contribution in [2.45, 2.75) is 25.6 Å². The van der Waals surface area contributed by atoms with Gasteiger partial charge in [-0.3, -0.25) is 4.79 Å². The molecular formula is C18H19NO5. The molecule has 1 aromatic heterocycles. The van der Waals surface area contributed by atoms with E-state index in [0.29, 0.717) is 44.5 Å². The first kappa shape index (κ1) is 15.4. The third kappa shape index (κ3) is 2.61. The minimum atomic E-state index is -0.529. The van der Waals surface area contributed by atoms with Crippen LogP contribution in [0, 0.1) is 6.92 Å². The Hall–Kier alpha value is -2.18. The van der Waals surface area contributed by atoms with Crippen LogP contribution in [0.1, 0.15) is 29.0 Å². The molecule has 2 fully saturated rings. The first-order valence-electron chi connectivity index (χ1n) is 8.18. The molecule has 0 atom stereocenters. The Morgan fingerprint density at radius 2 is 1.83 bits per heavy atom. The highest BCUT2D eigenvalue weighted by molar-refractivity contribution is 5.95. The average molecular weight is 329 g/mol. The minimum absolute atomic E-state index is 0.0839. The van der Waals surface area contributed by atoms with Gasteiger partial charge in [-0.1, -0.05) is 17.7 Å². The monoisotopic (exact) mass is 329 g/mol. The normalized spacial score (nSPS) is 20.0. The molecule has 0 radical (unpaired) electrons. The zero-order valence-electron chi connectivity index (χ0n) is 13.5. The van der Waals surface area contributed by atoms with E-state index in [1.54, 1.807) is 17.0 Å². The Kier molecular flexibility index (Phi) is 3.66. The van der Waals surface area contributed by atoms with Gasteiger partial charge in [-0.2, -0.15) is 0 Å². The number of hydrogen-bond donors (Lipinski definition) is 0. The summed E-state index contributed by atoms with van der Waals surface area (Å²) >= 11 is 0. The molecule has 3 heterocycles. The third-order valence-corrected chi connectivity index (χ3v) is 4.75. The summed E-state index contributed by atoms with van der Waals surface area (Å²) in [5.41, 5.74) is 0.502. The lowest BCUT2D eigenvalue weighted by Gasteiger charge is -2.37. The van der Waals surface area contributed by atoms with E-state index >= 15 is 0 Å². The van der Waals surface area contributed by atoms with E-state index in [1.807, 2.05) is 19.1 Å². The molecule has 6 nitrogen and oxygen atoms in total. The number of rotatable bonds is 1. The summed E-state index contributed by atoms with van der Waals surface area (Å²) in [5.74, 6) is -0.707. The molecule has 1 spiro atoms. The number of nitrogens with zero attached hydrogens (tertiary/aromatic N) is 1. The van der Waals surface area contributed by atoms with Crippen LogP contribution >= 0.6 is 0 Å². The first-order chi connectivity index (χ1) is 11.6. The van der Waals surface area contributed by atoms with Crippen molar-refractivity contribution >= 4 is 16.7 Å².